The Morgan fingerprint density at radius 1 is 1.18 bits per heavy atom. The summed E-state index contributed by atoms with van der Waals surface area (Å²) in [6.45, 7) is 6.44. The molecule has 0 unspecified atom stereocenters. The predicted octanol–water partition coefficient (Wildman–Crippen LogP) is 1.81. The van der Waals surface area contributed by atoms with E-state index in [1.807, 2.05) is 28.9 Å². The molecular formula is C21H31N3O4. The van der Waals surface area contributed by atoms with Crippen molar-refractivity contribution in [1.29, 1.82) is 0 Å². The first kappa shape index (κ1) is 19.5. The zero-order valence-corrected chi connectivity index (χ0v) is 16.6. The molecule has 3 aliphatic rings. The fourth-order valence-corrected chi connectivity index (χ4v) is 4.70. The second kappa shape index (κ2) is 8.27. The van der Waals surface area contributed by atoms with Gasteiger partial charge in [0.05, 0.1) is 25.4 Å². The number of carbonyl (C=O) groups excluding carboxylic acids is 1. The molecule has 2 fully saturated rings. The number of phenolic OH excluding ortho intramolecular Hbond substituents is 1. The number of fused-ring (bicyclic) bond motifs is 1. The minimum atomic E-state index is -0.173. The van der Waals surface area contributed by atoms with Crippen LogP contribution in [0.5, 0.6) is 5.75 Å². The molecule has 0 saturated carbocycles. The topological polar surface area (TPSA) is 88.3 Å². The molecule has 1 aromatic rings. The summed E-state index contributed by atoms with van der Waals surface area (Å²) in [5, 5.41) is 10.6. The number of nitrogens with two attached hydrogens (primary N) is 1. The molecule has 0 spiro atoms. The molecule has 3 N–H and O–H groups in total. The van der Waals surface area contributed by atoms with Crippen molar-refractivity contribution < 1.29 is 19.4 Å². The van der Waals surface area contributed by atoms with Crippen molar-refractivity contribution in [3.05, 3.63) is 28.8 Å². The first-order valence-corrected chi connectivity index (χ1v) is 10.4. The zero-order valence-electron chi connectivity index (χ0n) is 16.6. The molecule has 2 atom stereocenters. The SMILES string of the molecule is Cc1ccc2c(c1O)C[C@@H](C1CCN(C(=O)N3CCOCC3)CC1)O[C@H]2CN. The van der Waals surface area contributed by atoms with E-state index < -0.39 is 0 Å². The van der Waals surface area contributed by atoms with Gasteiger partial charge in [-0.3, -0.25) is 0 Å². The number of rotatable bonds is 2. The molecule has 3 aliphatic heterocycles. The van der Waals surface area contributed by atoms with Crippen molar-refractivity contribution >= 4 is 6.03 Å². The molecule has 0 aromatic heterocycles. The standard InChI is InChI=1S/C21H31N3O4/c1-14-2-3-16-17(20(14)25)12-18(28-19(16)13-22)15-4-6-23(7-5-15)21(26)24-8-10-27-11-9-24/h2-3,15,18-19,25H,4-13,22H2,1H3/t18-,19-/m0/s1. The van der Waals surface area contributed by atoms with Crippen molar-refractivity contribution in [3.63, 3.8) is 0 Å². The number of nitrogens with zero attached hydrogens (tertiary/aromatic N) is 2. The number of ether oxygens (including phenoxy) is 2. The fraction of sp³-hybridized carbons (Fsp3) is 0.667. The summed E-state index contributed by atoms with van der Waals surface area (Å²) < 4.78 is 11.7. The number of phenols is 1. The smallest absolute Gasteiger partial charge is 0.320 e. The molecule has 0 bridgehead atoms. The molecule has 1 aromatic carbocycles. The van der Waals surface area contributed by atoms with Gasteiger partial charge in [0.25, 0.3) is 0 Å². The van der Waals surface area contributed by atoms with Crippen molar-refractivity contribution in [2.45, 2.75) is 38.4 Å². The van der Waals surface area contributed by atoms with Crippen LogP contribution in [0.4, 0.5) is 4.79 Å². The Bertz CT molecular complexity index is 712. The van der Waals surface area contributed by atoms with Crippen LogP contribution in [0.2, 0.25) is 0 Å². The van der Waals surface area contributed by atoms with Gasteiger partial charge in [-0.15, -0.1) is 0 Å². The van der Waals surface area contributed by atoms with E-state index >= 15 is 0 Å². The van der Waals surface area contributed by atoms with Gasteiger partial charge < -0.3 is 30.1 Å². The average Bonchev–Trinajstić information content (AvgIpc) is 2.76. The lowest BCUT2D eigenvalue weighted by Crippen LogP contribution is -2.51. The molecule has 2 amide bonds. The van der Waals surface area contributed by atoms with E-state index in [2.05, 4.69) is 0 Å². The number of urea groups is 1. The second-order valence-corrected chi connectivity index (χ2v) is 8.11. The Morgan fingerprint density at radius 2 is 1.86 bits per heavy atom. The molecule has 7 nitrogen and oxygen atoms in total. The third kappa shape index (κ3) is 3.71. The Kier molecular flexibility index (Phi) is 5.75. The second-order valence-electron chi connectivity index (χ2n) is 8.11. The lowest BCUT2D eigenvalue weighted by Gasteiger charge is -2.41. The van der Waals surface area contributed by atoms with Gasteiger partial charge in [-0.2, -0.15) is 0 Å². The molecule has 4 rings (SSSR count). The molecule has 3 heterocycles. The van der Waals surface area contributed by atoms with Gasteiger partial charge in [0.15, 0.2) is 0 Å². The summed E-state index contributed by atoms with van der Waals surface area (Å²) in [4.78, 5) is 16.5. The minimum absolute atomic E-state index is 0.0365. The number of aromatic hydroxyl groups is 1. The summed E-state index contributed by atoms with van der Waals surface area (Å²) in [5.74, 6) is 0.750. The van der Waals surface area contributed by atoms with E-state index in [9.17, 15) is 9.90 Å². The fourth-order valence-electron chi connectivity index (χ4n) is 4.70. The van der Waals surface area contributed by atoms with Crippen molar-refractivity contribution in [2.75, 3.05) is 45.9 Å². The number of likely N-dealkylation sites (tertiary alicyclic amines) is 1. The van der Waals surface area contributed by atoms with Gasteiger partial charge in [-0.05, 0) is 36.8 Å². The van der Waals surface area contributed by atoms with E-state index in [1.54, 1.807) is 0 Å². The van der Waals surface area contributed by atoms with E-state index in [-0.39, 0.29) is 18.2 Å². The van der Waals surface area contributed by atoms with Gasteiger partial charge in [0.2, 0.25) is 0 Å². The third-order valence-electron chi connectivity index (χ3n) is 6.44. The summed E-state index contributed by atoms with van der Waals surface area (Å²) in [6.07, 6.45) is 2.41. The maximum absolute atomic E-state index is 12.7. The monoisotopic (exact) mass is 389 g/mol. The van der Waals surface area contributed by atoms with E-state index in [1.165, 1.54) is 0 Å². The van der Waals surface area contributed by atoms with Crippen LogP contribution < -0.4 is 5.73 Å². The normalized spacial score (nSPS) is 26.2. The number of carbonyl (C=O) groups is 1. The van der Waals surface area contributed by atoms with Gasteiger partial charge in [0, 0.05) is 44.7 Å². The average molecular weight is 389 g/mol. The molecule has 154 valence electrons. The first-order chi connectivity index (χ1) is 13.6. The van der Waals surface area contributed by atoms with Crippen LogP contribution in [-0.2, 0) is 15.9 Å². The highest BCUT2D eigenvalue weighted by molar-refractivity contribution is 5.74. The Hall–Kier alpha value is -1.83. The minimum Gasteiger partial charge on any atom is -0.507 e. The van der Waals surface area contributed by atoms with Crippen LogP contribution in [-0.4, -0.2) is 73.0 Å². The van der Waals surface area contributed by atoms with E-state index in [0.717, 1.165) is 42.6 Å². The third-order valence-corrected chi connectivity index (χ3v) is 6.44. The van der Waals surface area contributed by atoms with Crippen LogP contribution in [0.15, 0.2) is 12.1 Å². The zero-order chi connectivity index (χ0) is 19.7. The molecule has 0 radical (unpaired) electrons. The van der Waals surface area contributed by atoms with Gasteiger partial charge >= 0.3 is 6.03 Å². The van der Waals surface area contributed by atoms with Gasteiger partial charge in [-0.1, -0.05) is 12.1 Å². The van der Waals surface area contributed by atoms with Gasteiger partial charge in [-0.25, -0.2) is 4.79 Å². The Labute approximate surface area is 166 Å². The highest BCUT2D eigenvalue weighted by Crippen LogP contribution is 2.40. The largest absolute Gasteiger partial charge is 0.507 e. The number of piperidine rings is 1. The lowest BCUT2D eigenvalue weighted by atomic mass is 9.83. The Balaban J connectivity index is 1.40. The first-order valence-electron chi connectivity index (χ1n) is 10.4. The number of hydrogen-bond acceptors (Lipinski definition) is 5. The highest BCUT2D eigenvalue weighted by atomic mass is 16.5. The number of benzene rings is 1. The summed E-state index contributed by atoms with van der Waals surface area (Å²) in [5.41, 5.74) is 8.86. The van der Waals surface area contributed by atoms with Crippen LogP contribution in [0.1, 0.15) is 35.6 Å². The van der Waals surface area contributed by atoms with Gasteiger partial charge in [0.1, 0.15) is 5.75 Å². The van der Waals surface area contributed by atoms with Crippen molar-refractivity contribution in [3.8, 4) is 5.75 Å². The van der Waals surface area contributed by atoms with Crippen LogP contribution in [0.3, 0.4) is 0 Å². The van der Waals surface area contributed by atoms with Crippen LogP contribution >= 0.6 is 0 Å². The maximum Gasteiger partial charge on any atom is 0.320 e. The maximum atomic E-state index is 12.7. The van der Waals surface area contributed by atoms with E-state index in [0.29, 0.717) is 50.9 Å². The van der Waals surface area contributed by atoms with E-state index in [4.69, 9.17) is 15.2 Å². The number of aryl methyl sites for hydroxylation is 1. The molecule has 7 heteroatoms. The molecule has 28 heavy (non-hydrogen) atoms. The quantitative estimate of drug-likeness (QED) is 0.805. The molecule has 2 saturated heterocycles. The van der Waals surface area contributed by atoms with Crippen LogP contribution in [0.25, 0.3) is 0 Å². The molecule has 0 aliphatic carbocycles. The summed E-state index contributed by atoms with van der Waals surface area (Å²) >= 11 is 0. The number of amides is 2. The molecular weight excluding hydrogens is 358 g/mol. The Morgan fingerprint density at radius 3 is 2.54 bits per heavy atom. The number of morpholine rings is 1. The highest BCUT2D eigenvalue weighted by Gasteiger charge is 2.36. The summed E-state index contributed by atoms with van der Waals surface area (Å²) in [6, 6.07) is 4.09. The van der Waals surface area contributed by atoms with Crippen LogP contribution in [0, 0.1) is 12.8 Å². The van der Waals surface area contributed by atoms with Crippen molar-refractivity contribution in [2.24, 2.45) is 11.7 Å². The predicted molar refractivity (Wildman–Crippen MR) is 105 cm³/mol. The van der Waals surface area contributed by atoms with Crippen molar-refractivity contribution in [1.82, 2.24) is 9.80 Å². The summed E-state index contributed by atoms with van der Waals surface area (Å²) in [7, 11) is 0. The lowest BCUT2D eigenvalue weighted by molar-refractivity contribution is -0.0635. The number of hydrogen-bond donors (Lipinski definition) is 2.